The molecule has 2 amide bonds. The van der Waals surface area contributed by atoms with E-state index in [1.165, 1.54) is 4.90 Å². The lowest BCUT2D eigenvalue weighted by Gasteiger charge is -2.15. The van der Waals surface area contributed by atoms with E-state index in [2.05, 4.69) is 5.32 Å². The summed E-state index contributed by atoms with van der Waals surface area (Å²) in [6, 6.07) is 17.9. The third kappa shape index (κ3) is 4.57. The number of amides is 2. The minimum atomic E-state index is -0.382. The molecule has 6 heteroatoms. The van der Waals surface area contributed by atoms with Crippen molar-refractivity contribution in [3.63, 3.8) is 0 Å². The van der Waals surface area contributed by atoms with Gasteiger partial charge in [-0.3, -0.25) is 9.59 Å². The molecule has 27 heavy (non-hydrogen) atoms. The second kappa shape index (κ2) is 8.10. The van der Waals surface area contributed by atoms with Crippen LogP contribution in [0.2, 0.25) is 5.02 Å². The Bertz CT molecular complexity index is 964. The molecule has 1 aromatic heterocycles. The van der Waals surface area contributed by atoms with Crippen molar-refractivity contribution in [1.29, 1.82) is 0 Å². The zero-order valence-electron chi connectivity index (χ0n) is 15.0. The SMILES string of the molecule is Cc1ccc(NC(=O)CN(C)C(=O)c2ccc(-c3ccccc3Cl)o2)cc1. The molecule has 0 spiro atoms. The molecular formula is C21H19ClN2O3. The Kier molecular flexibility index (Phi) is 5.62. The van der Waals surface area contributed by atoms with Crippen molar-refractivity contribution in [2.24, 2.45) is 0 Å². The lowest BCUT2D eigenvalue weighted by molar-refractivity contribution is -0.116. The largest absolute Gasteiger partial charge is 0.451 e. The normalized spacial score (nSPS) is 10.5. The first-order valence-corrected chi connectivity index (χ1v) is 8.78. The lowest BCUT2D eigenvalue weighted by atomic mass is 10.2. The smallest absolute Gasteiger partial charge is 0.289 e. The van der Waals surface area contributed by atoms with Crippen molar-refractivity contribution < 1.29 is 14.0 Å². The maximum Gasteiger partial charge on any atom is 0.289 e. The molecule has 0 fully saturated rings. The Balaban J connectivity index is 1.64. The van der Waals surface area contributed by atoms with E-state index in [9.17, 15) is 9.59 Å². The highest BCUT2D eigenvalue weighted by Gasteiger charge is 2.19. The number of furan rings is 1. The number of anilines is 1. The number of carbonyl (C=O) groups is 2. The Hall–Kier alpha value is -3.05. The average Bonchev–Trinajstić information content (AvgIpc) is 3.13. The lowest BCUT2D eigenvalue weighted by Crippen LogP contribution is -2.34. The van der Waals surface area contributed by atoms with Gasteiger partial charge < -0.3 is 14.6 Å². The fraction of sp³-hybridized carbons (Fsp3) is 0.143. The Labute approximate surface area is 162 Å². The van der Waals surface area contributed by atoms with Crippen LogP contribution in [0, 0.1) is 6.92 Å². The number of hydrogen-bond acceptors (Lipinski definition) is 3. The average molecular weight is 383 g/mol. The summed E-state index contributed by atoms with van der Waals surface area (Å²) in [5, 5.41) is 3.30. The van der Waals surface area contributed by atoms with E-state index in [1.54, 1.807) is 25.2 Å². The molecule has 3 rings (SSSR count). The van der Waals surface area contributed by atoms with Crippen LogP contribution < -0.4 is 5.32 Å². The van der Waals surface area contributed by atoms with Crippen LogP contribution in [0.1, 0.15) is 16.1 Å². The third-order valence-electron chi connectivity index (χ3n) is 4.02. The van der Waals surface area contributed by atoms with Gasteiger partial charge in [-0.15, -0.1) is 0 Å². The maximum atomic E-state index is 12.5. The molecule has 0 aliphatic heterocycles. The van der Waals surface area contributed by atoms with Crippen molar-refractivity contribution in [3.05, 3.63) is 77.0 Å². The van der Waals surface area contributed by atoms with E-state index in [4.69, 9.17) is 16.0 Å². The number of rotatable bonds is 5. The van der Waals surface area contributed by atoms with Crippen LogP contribution in [-0.4, -0.2) is 30.3 Å². The second-order valence-electron chi connectivity index (χ2n) is 6.22. The standard InChI is InChI=1S/C21H19ClN2O3/c1-14-7-9-15(10-8-14)23-20(25)13-24(2)21(26)19-12-11-18(27-19)16-5-3-4-6-17(16)22/h3-12H,13H2,1-2H3,(H,23,25). The van der Waals surface area contributed by atoms with E-state index in [1.807, 2.05) is 49.4 Å². The minimum Gasteiger partial charge on any atom is -0.451 e. The van der Waals surface area contributed by atoms with Crippen molar-refractivity contribution >= 4 is 29.1 Å². The second-order valence-corrected chi connectivity index (χ2v) is 6.63. The highest BCUT2D eigenvalue weighted by atomic mass is 35.5. The molecule has 2 aromatic carbocycles. The number of aryl methyl sites for hydroxylation is 1. The fourth-order valence-electron chi connectivity index (χ4n) is 2.57. The topological polar surface area (TPSA) is 62.6 Å². The molecule has 0 unspecified atom stereocenters. The molecule has 0 aliphatic rings. The van der Waals surface area contributed by atoms with Gasteiger partial charge in [0.1, 0.15) is 5.76 Å². The van der Waals surface area contributed by atoms with Crippen molar-refractivity contribution in [2.45, 2.75) is 6.92 Å². The maximum absolute atomic E-state index is 12.5. The molecule has 0 radical (unpaired) electrons. The number of hydrogen-bond donors (Lipinski definition) is 1. The van der Waals surface area contributed by atoms with Crippen LogP contribution in [0.3, 0.4) is 0 Å². The summed E-state index contributed by atoms with van der Waals surface area (Å²) in [5.74, 6) is -0.0167. The molecule has 1 N–H and O–H groups in total. The summed E-state index contributed by atoms with van der Waals surface area (Å²) < 4.78 is 5.64. The first kappa shape index (κ1) is 18.7. The van der Waals surface area contributed by atoms with Gasteiger partial charge in [0.15, 0.2) is 5.76 Å². The highest BCUT2D eigenvalue weighted by Crippen LogP contribution is 2.29. The van der Waals surface area contributed by atoms with E-state index in [0.29, 0.717) is 22.0 Å². The van der Waals surface area contributed by atoms with E-state index < -0.39 is 0 Å². The van der Waals surface area contributed by atoms with Gasteiger partial charge in [-0.25, -0.2) is 0 Å². The van der Waals surface area contributed by atoms with Gasteiger partial charge in [-0.1, -0.05) is 41.4 Å². The number of carbonyl (C=O) groups excluding carboxylic acids is 2. The predicted octanol–water partition coefficient (Wildman–Crippen LogP) is 4.62. The van der Waals surface area contributed by atoms with Crippen LogP contribution in [0.5, 0.6) is 0 Å². The molecule has 3 aromatic rings. The molecule has 0 atom stereocenters. The zero-order chi connectivity index (χ0) is 19.4. The summed E-state index contributed by atoms with van der Waals surface area (Å²) in [6.45, 7) is 1.88. The fourth-order valence-corrected chi connectivity index (χ4v) is 2.80. The van der Waals surface area contributed by atoms with Crippen LogP contribution in [0.25, 0.3) is 11.3 Å². The molecule has 1 heterocycles. The summed E-state index contributed by atoms with van der Waals surface area (Å²) in [5.41, 5.74) is 2.50. The molecule has 0 bridgehead atoms. The summed E-state index contributed by atoms with van der Waals surface area (Å²) in [4.78, 5) is 26.0. The Morgan fingerprint density at radius 1 is 1.04 bits per heavy atom. The molecule has 0 saturated heterocycles. The first-order chi connectivity index (χ1) is 12.9. The zero-order valence-corrected chi connectivity index (χ0v) is 15.8. The monoisotopic (exact) mass is 382 g/mol. The first-order valence-electron chi connectivity index (χ1n) is 8.41. The summed E-state index contributed by atoms with van der Waals surface area (Å²) in [6.07, 6.45) is 0. The van der Waals surface area contributed by atoms with E-state index >= 15 is 0 Å². The molecule has 5 nitrogen and oxygen atoms in total. The van der Waals surface area contributed by atoms with Crippen LogP contribution in [0.4, 0.5) is 5.69 Å². The van der Waals surface area contributed by atoms with Crippen molar-refractivity contribution in [2.75, 3.05) is 18.9 Å². The van der Waals surface area contributed by atoms with Gasteiger partial charge in [0, 0.05) is 18.3 Å². The number of halogens is 1. The Morgan fingerprint density at radius 2 is 1.74 bits per heavy atom. The predicted molar refractivity (Wildman–Crippen MR) is 106 cm³/mol. The van der Waals surface area contributed by atoms with Crippen molar-refractivity contribution in [1.82, 2.24) is 4.90 Å². The molecular weight excluding hydrogens is 364 g/mol. The van der Waals surface area contributed by atoms with Gasteiger partial charge >= 0.3 is 0 Å². The van der Waals surface area contributed by atoms with Crippen LogP contribution in [0.15, 0.2) is 65.1 Å². The van der Waals surface area contributed by atoms with Crippen LogP contribution in [-0.2, 0) is 4.79 Å². The molecule has 0 saturated carbocycles. The van der Waals surface area contributed by atoms with E-state index in [0.717, 1.165) is 5.56 Å². The van der Waals surface area contributed by atoms with Gasteiger partial charge in [0.05, 0.1) is 11.6 Å². The minimum absolute atomic E-state index is 0.0885. The summed E-state index contributed by atoms with van der Waals surface area (Å²) in [7, 11) is 1.55. The number of nitrogens with one attached hydrogen (secondary N) is 1. The van der Waals surface area contributed by atoms with Crippen molar-refractivity contribution in [3.8, 4) is 11.3 Å². The number of likely N-dealkylation sites (N-methyl/N-ethyl adjacent to an activating group) is 1. The van der Waals surface area contributed by atoms with Gasteiger partial charge in [0.2, 0.25) is 5.91 Å². The number of nitrogens with zero attached hydrogens (tertiary/aromatic N) is 1. The molecule has 138 valence electrons. The van der Waals surface area contributed by atoms with Gasteiger partial charge in [-0.2, -0.15) is 0 Å². The quantitative estimate of drug-likeness (QED) is 0.700. The third-order valence-corrected chi connectivity index (χ3v) is 4.35. The van der Waals surface area contributed by atoms with Gasteiger partial charge in [-0.05, 0) is 43.3 Å². The van der Waals surface area contributed by atoms with Gasteiger partial charge in [0.25, 0.3) is 5.91 Å². The molecule has 0 aliphatic carbocycles. The van der Waals surface area contributed by atoms with E-state index in [-0.39, 0.29) is 24.1 Å². The summed E-state index contributed by atoms with van der Waals surface area (Å²) >= 11 is 6.16. The van der Waals surface area contributed by atoms with Crippen LogP contribution >= 0.6 is 11.6 Å². The highest BCUT2D eigenvalue weighted by molar-refractivity contribution is 6.33. The number of benzene rings is 2. The Morgan fingerprint density at radius 3 is 2.44 bits per heavy atom.